The van der Waals surface area contributed by atoms with Crippen molar-refractivity contribution < 1.29 is 21.6 Å². The van der Waals surface area contributed by atoms with Crippen LogP contribution in [-0.4, -0.2) is 70.7 Å². The Kier molecular flexibility index (Phi) is 5.60. The Morgan fingerprint density at radius 1 is 0.964 bits per heavy atom. The molecule has 1 aliphatic rings. The molecule has 0 radical (unpaired) electrons. The van der Waals surface area contributed by atoms with E-state index in [2.05, 4.69) is 9.97 Å². The van der Waals surface area contributed by atoms with Gasteiger partial charge in [-0.1, -0.05) is 0 Å². The average Bonchev–Trinajstić information content (AvgIpc) is 2.67. The molecule has 1 aliphatic heterocycles. The maximum Gasteiger partial charge on any atom is 0.243 e. The highest BCUT2D eigenvalue weighted by atomic mass is 32.2. The SMILES string of the molecule is COc1ccc(S(=O)(=O)N2CCN(c3nc(C)cc(S(C)(=O)=O)n3)CC2)cc1. The number of anilines is 1. The van der Waals surface area contributed by atoms with Crippen LogP contribution in [-0.2, 0) is 19.9 Å². The van der Waals surface area contributed by atoms with Crippen LogP contribution in [0, 0.1) is 6.92 Å². The number of methoxy groups -OCH3 is 1. The third-order valence-corrected chi connectivity index (χ3v) is 7.30. The number of aromatic nitrogens is 2. The third-order valence-electron chi connectivity index (χ3n) is 4.42. The van der Waals surface area contributed by atoms with Gasteiger partial charge < -0.3 is 9.64 Å². The van der Waals surface area contributed by atoms with Crippen molar-refractivity contribution >= 4 is 25.8 Å². The molecule has 0 atom stereocenters. The number of benzene rings is 1. The van der Waals surface area contributed by atoms with Crippen molar-refractivity contribution in [1.82, 2.24) is 14.3 Å². The molecule has 11 heteroatoms. The molecule has 9 nitrogen and oxygen atoms in total. The molecule has 0 aliphatic carbocycles. The predicted molar refractivity (Wildman–Crippen MR) is 104 cm³/mol. The lowest BCUT2D eigenvalue weighted by Gasteiger charge is -2.34. The molecule has 1 saturated heterocycles. The normalized spacial score (nSPS) is 16.2. The van der Waals surface area contributed by atoms with Crippen LogP contribution in [0.2, 0.25) is 0 Å². The Labute approximate surface area is 164 Å². The first-order valence-corrected chi connectivity index (χ1v) is 11.9. The van der Waals surface area contributed by atoms with Gasteiger partial charge in [0, 0.05) is 38.1 Å². The first kappa shape index (κ1) is 20.5. The fourth-order valence-corrected chi connectivity index (χ4v) is 4.94. The number of rotatable bonds is 5. The molecule has 0 amide bonds. The molecule has 1 aromatic heterocycles. The van der Waals surface area contributed by atoms with E-state index in [1.54, 1.807) is 24.0 Å². The second-order valence-corrected chi connectivity index (χ2v) is 10.4. The molecule has 0 N–H and O–H groups in total. The van der Waals surface area contributed by atoms with Gasteiger partial charge in [0.15, 0.2) is 14.9 Å². The van der Waals surface area contributed by atoms with Crippen molar-refractivity contribution in [2.45, 2.75) is 16.8 Å². The highest BCUT2D eigenvalue weighted by molar-refractivity contribution is 7.90. The number of nitrogens with zero attached hydrogens (tertiary/aromatic N) is 4. The molecule has 2 heterocycles. The summed E-state index contributed by atoms with van der Waals surface area (Å²) in [7, 11) is -5.56. The summed E-state index contributed by atoms with van der Waals surface area (Å²) in [6, 6.07) is 7.67. The molecule has 0 saturated carbocycles. The van der Waals surface area contributed by atoms with Gasteiger partial charge in [-0.15, -0.1) is 0 Å². The van der Waals surface area contributed by atoms with Crippen LogP contribution in [0.5, 0.6) is 5.75 Å². The largest absolute Gasteiger partial charge is 0.497 e. The van der Waals surface area contributed by atoms with E-state index >= 15 is 0 Å². The van der Waals surface area contributed by atoms with Gasteiger partial charge in [0.25, 0.3) is 0 Å². The van der Waals surface area contributed by atoms with Crippen LogP contribution < -0.4 is 9.64 Å². The van der Waals surface area contributed by atoms with Crippen LogP contribution in [0.4, 0.5) is 5.95 Å². The Balaban J connectivity index is 1.76. The first-order valence-electron chi connectivity index (χ1n) is 8.56. The number of hydrogen-bond acceptors (Lipinski definition) is 8. The van der Waals surface area contributed by atoms with E-state index < -0.39 is 19.9 Å². The Hall–Kier alpha value is -2.24. The quantitative estimate of drug-likeness (QED) is 0.643. The molecule has 0 unspecified atom stereocenters. The molecule has 28 heavy (non-hydrogen) atoms. The molecule has 3 rings (SSSR count). The summed E-state index contributed by atoms with van der Waals surface area (Å²) in [5.41, 5.74) is 0.540. The summed E-state index contributed by atoms with van der Waals surface area (Å²) >= 11 is 0. The Morgan fingerprint density at radius 3 is 2.11 bits per heavy atom. The first-order chi connectivity index (χ1) is 13.1. The highest BCUT2D eigenvalue weighted by Crippen LogP contribution is 2.22. The number of aryl methyl sites for hydroxylation is 1. The molecule has 0 spiro atoms. The van der Waals surface area contributed by atoms with Gasteiger partial charge >= 0.3 is 0 Å². The van der Waals surface area contributed by atoms with Crippen LogP contribution >= 0.6 is 0 Å². The maximum absolute atomic E-state index is 12.8. The van der Waals surface area contributed by atoms with Crippen molar-refractivity contribution in [3.63, 3.8) is 0 Å². The van der Waals surface area contributed by atoms with E-state index in [0.717, 1.165) is 6.26 Å². The lowest BCUT2D eigenvalue weighted by Crippen LogP contribution is -2.49. The number of sulfonamides is 1. The summed E-state index contributed by atoms with van der Waals surface area (Å²) in [6.45, 7) is 2.92. The van der Waals surface area contributed by atoms with Gasteiger partial charge in [0.1, 0.15) is 5.75 Å². The average molecular weight is 427 g/mol. The smallest absolute Gasteiger partial charge is 0.243 e. The van der Waals surface area contributed by atoms with Crippen molar-refractivity contribution in [3.8, 4) is 5.75 Å². The summed E-state index contributed by atoms with van der Waals surface area (Å²) in [5, 5.41) is -0.0386. The lowest BCUT2D eigenvalue weighted by atomic mass is 10.3. The number of piperazine rings is 1. The zero-order valence-electron chi connectivity index (χ0n) is 15.9. The number of hydrogen-bond donors (Lipinski definition) is 0. The standard InChI is InChI=1S/C17H22N4O5S2/c1-13-12-16(27(3,22)23)19-17(18-13)20-8-10-21(11-9-20)28(24,25)15-6-4-14(26-2)5-7-15/h4-7,12H,8-11H2,1-3H3. The van der Waals surface area contributed by atoms with Crippen LogP contribution in [0.3, 0.4) is 0 Å². The van der Waals surface area contributed by atoms with E-state index in [0.29, 0.717) is 30.5 Å². The second kappa shape index (κ2) is 7.64. The van der Waals surface area contributed by atoms with Crippen molar-refractivity contribution in [2.24, 2.45) is 0 Å². The van der Waals surface area contributed by atoms with Crippen LogP contribution in [0.15, 0.2) is 40.3 Å². The minimum Gasteiger partial charge on any atom is -0.497 e. The molecule has 152 valence electrons. The minimum atomic E-state index is -3.62. The minimum absolute atomic E-state index is 0.0386. The molecule has 1 aromatic carbocycles. The molecular formula is C17H22N4O5S2. The van der Waals surface area contributed by atoms with Gasteiger partial charge in [-0.2, -0.15) is 4.31 Å². The van der Waals surface area contributed by atoms with Gasteiger partial charge in [-0.25, -0.2) is 26.8 Å². The van der Waals surface area contributed by atoms with E-state index in [1.165, 1.54) is 29.6 Å². The fourth-order valence-electron chi connectivity index (χ4n) is 2.88. The predicted octanol–water partition coefficient (Wildman–Crippen LogP) is 0.708. The van der Waals surface area contributed by atoms with Gasteiger partial charge in [0.2, 0.25) is 16.0 Å². The fraction of sp³-hybridized carbons (Fsp3) is 0.412. The lowest BCUT2D eigenvalue weighted by molar-refractivity contribution is 0.382. The zero-order chi connectivity index (χ0) is 20.5. The molecule has 0 bridgehead atoms. The van der Waals surface area contributed by atoms with Gasteiger partial charge in [-0.3, -0.25) is 0 Å². The summed E-state index contributed by atoms with van der Waals surface area (Å²) in [5.74, 6) is 0.879. The van der Waals surface area contributed by atoms with Crippen LogP contribution in [0.1, 0.15) is 5.69 Å². The third kappa shape index (κ3) is 4.26. The molecular weight excluding hydrogens is 404 g/mol. The van der Waals surface area contributed by atoms with E-state index in [1.807, 2.05) is 0 Å². The summed E-state index contributed by atoms with van der Waals surface area (Å²) in [6.07, 6.45) is 1.10. The molecule has 1 fully saturated rings. The second-order valence-electron chi connectivity index (χ2n) is 6.49. The monoisotopic (exact) mass is 426 g/mol. The maximum atomic E-state index is 12.8. The van der Waals surface area contributed by atoms with E-state index in [-0.39, 0.29) is 23.0 Å². The Morgan fingerprint density at radius 2 is 1.57 bits per heavy atom. The number of sulfone groups is 1. The van der Waals surface area contributed by atoms with Gasteiger partial charge in [-0.05, 0) is 37.3 Å². The highest BCUT2D eigenvalue weighted by Gasteiger charge is 2.29. The zero-order valence-corrected chi connectivity index (χ0v) is 17.5. The summed E-state index contributed by atoms with van der Waals surface area (Å²) in [4.78, 5) is 10.4. The van der Waals surface area contributed by atoms with Crippen molar-refractivity contribution in [2.75, 3.05) is 44.4 Å². The Bertz CT molecular complexity index is 1060. The van der Waals surface area contributed by atoms with E-state index in [4.69, 9.17) is 4.74 Å². The molecule has 2 aromatic rings. The number of ether oxygens (including phenoxy) is 1. The van der Waals surface area contributed by atoms with Gasteiger partial charge in [0.05, 0.1) is 12.0 Å². The summed E-state index contributed by atoms with van der Waals surface area (Å²) < 4.78 is 55.7. The van der Waals surface area contributed by atoms with E-state index in [9.17, 15) is 16.8 Å². The van der Waals surface area contributed by atoms with Crippen molar-refractivity contribution in [1.29, 1.82) is 0 Å². The van der Waals surface area contributed by atoms with Crippen molar-refractivity contribution in [3.05, 3.63) is 36.0 Å². The topological polar surface area (TPSA) is 110 Å². The van der Waals surface area contributed by atoms with Crippen LogP contribution in [0.25, 0.3) is 0 Å².